The van der Waals surface area contributed by atoms with Crippen LogP contribution in [0.15, 0.2) is 53.7 Å². The van der Waals surface area contributed by atoms with Gasteiger partial charge in [-0.2, -0.15) is 0 Å². The average Bonchev–Trinajstić information content (AvgIpc) is 2.53. The Labute approximate surface area is 130 Å². The van der Waals surface area contributed by atoms with Crippen LogP contribution in [0.1, 0.15) is 18.9 Å². The lowest BCUT2D eigenvalue weighted by Gasteiger charge is -2.25. The van der Waals surface area contributed by atoms with E-state index in [-0.39, 0.29) is 5.69 Å². The Hall–Kier alpha value is -1.57. The number of benzene rings is 1. The van der Waals surface area contributed by atoms with Gasteiger partial charge < -0.3 is 5.11 Å². The molecule has 0 aliphatic heterocycles. The van der Waals surface area contributed by atoms with Crippen LogP contribution in [0.4, 0.5) is 5.69 Å². The molecule has 0 saturated heterocycles. The fraction of sp³-hybridized carbons (Fsp3) is 0.214. The van der Waals surface area contributed by atoms with E-state index in [0.717, 1.165) is 5.03 Å². The second-order valence-corrected chi connectivity index (χ2v) is 6.70. The topological polar surface area (TPSA) is 76.3 Å². The van der Waals surface area contributed by atoms with E-state index < -0.39 is 9.86 Å². The SMILES string of the molecule is CCC(O)(SSc1ccccn1)c1ccc([N+](=O)[O-])cc1. The molecule has 0 spiro atoms. The first-order chi connectivity index (χ1) is 10.0. The molecule has 0 aliphatic carbocycles. The van der Waals surface area contributed by atoms with Gasteiger partial charge in [-0.1, -0.05) is 13.0 Å². The van der Waals surface area contributed by atoms with E-state index in [1.807, 2.05) is 25.1 Å². The summed E-state index contributed by atoms with van der Waals surface area (Å²) < 4.78 is 0. The van der Waals surface area contributed by atoms with Crippen LogP contribution < -0.4 is 0 Å². The second kappa shape index (κ2) is 6.93. The molecule has 0 saturated carbocycles. The van der Waals surface area contributed by atoms with Gasteiger partial charge in [0.1, 0.15) is 9.96 Å². The fourth-order valence-electron chi connectivity index (χ4n) is 1.66. The first-order valence-corrected chi connectivity index (χ1v) is 8.44. The number of hydrogen-bond donors (Lipinski definition) is 1. The van der Waals surface area contributed by atoms with Gasteiger partial charge >= 0.3 is 0 Å². The van der Waals surface area contributed by atoms with E-state index in [1.54, 1.807) is 18.3 Å². The van der Waals surface area contributed by atoms with Crippen LogP contribution in [0.5, 0.6) is 0 Å². The van der Waals surface area contributed by atoms with Gasteiger partial charge in [0.15, 0.2) is 0 Å². The Kier molecular flexibility index (Phi) is 5.22. The number of pyridine rings is 1. The van der Waals surface area contributed by atoms with Gasteiger partial charge in [0.2, 0.25) is 0 Å². The average molecular weight is 322 g/mol. The van der Waals surface area contributed by atoms with Crippen molar-refractivity contribution >= 4 is 27.3 Å². The van der Waals surface area contributed by atoms with Gasteiger partial charge in [-0.3, -0.25) is 10.1 Å². The third kappa shape index (κ3) is 3.96. The molecule has 5 nitrogen and oxygen atoms in total. The second-order valence-electron chi connectivity index (χ2n) is 4.28. The monoisotopic (exact) mass is 322 g/mol. The lowest BCUT2D eigenvalue weighted by atomic mass is 10.1. The van der Waals surface area contributed by atoms with Crippen molar-refractivity contribution in [2.24, 2.45) is 0 Å². The molecule has 2 rings (SSSR count). The van der Waals surface area contributed by atoms with Crippen LogP contribution in [-0.2, 0) is 4.93 Å². The normalized spacial score (nSPS) is 13.6. The summed E-state index contributed by atoms with van der Waals surface area (Å²) in [5.41, 5.74) is 0.656. The van der Waals surface area contributed by atoms with Gasteiger partial charge in [0.05, 0.1) is 4.92 Å². The Morgan fingerprint density at radius 2 is 2.00 bits per heavy atom. The zero-order valence-electron chi connectivity index (χ0n) is 11.3. The molecule has 1 aromatic carbocycles. The maximum absolute atomic E-state index is 10.7. The van der Waals surface area contributed by atoms with Crippen LogP contribution in [0.25, 0.3) is 0 Å². The lowest BCUT2D eigenvalue weighted by molar-refractivity contribution is -0.384. The highest BCUT2D eigenvalue weighted by molar-refractivity contribution is 8.76. The molecule has 1 heterocycles. The highest BCUT2D eigenvalue weighted by Crippen LogP contribution is 2.46. The van der Waals surface area contributed by atoms with Crippen molar-refractivity contribution in [2.75, 3.05) is 0 Å². The van der Waals surface area contributed by atoms with Crippen LogP contribution in [0, 0.1) is 10.1 Å². The first kappa shape index (κ1) is 15.8. The number of nitro groups is 1. The summed E-state index contributed by atoms with van der Waals surface area (Å²) in [5, 5.41) is 22.2. The smallest absolute Gasteiger partial charge is 0.269 e. The van der Waals surface area contributed by atoms with Crippen molar-refractivity contribution in [3.05, 3.63) is 64.3 Å². The van der Waals surface area contributed by atoms with Crippen molar-refractivity contribution in [1.29, 1.82) is 0 Å². The largest absolute Gasteiger partial charge is 0.374 e. The van der Waals surface area contributed by atoms with Crippen LogP contribution >= 0.6 is 21.6 Å². The van der Waals surface area contributed by atoms with Crippen molar-refractivity contribution in [2.45, 2.75) is 23.3 Å². The number of nitrogens with zero attached hydrogens (tertiary/aromatic N) is 2. The maximum atomic E-state index is 10.7. The molecular weight excluding hydrogens is 308 g/mol. The molecule has 0 fully saturated rings. The highest BCUT2D eigenvalue weighted by atomic mass is 33.1. The van der Waals surface area contributed by atoms with Crippen molar-refractivity contribution < 1.29 is 10.0 Å². The summed E-state index contributed by atoms with van der Waals surface area (Å²) in [5.74, 6) is 0. The minimum Gasteiger partial charge on any atom is -0.374 e. The summed E-state index contributed by atoms with van der Waals surface area (Å²) >= 11 is 0. The molecule has 2 aromatic rings. The molecule has 1 atom stereocenters. The lowest BCUT2D eigenvalue weighted by Crippen LogP contribution is -2.18. The third-order valence-corrected chi connectivity index (χ3v) is 5.80. The number of aromatic nitrogens is 1. The van der Waals surface area contributed by atoms with Gasteiger partial charge in [0.25, 0.3) is 5.69 Å². The Morgan fingerprint density at radius 1 is 1.29 bits per heavy atom. The molecule has 0 amide bonds. The standard InChI is InChI=1S/C14H14N2O3S2/c1-2-14(17,21-20-13-5-3-4-10-15-13)11-6-8-12(9-7-11)16(18)19/h3-10,17H,2H2,1H3. The summed E-state index contributed by atoms with van der Waals surface area (Å²) in [6, 6.07) is 11.6. The van der Waals surface area contributed by atoms with Crippen molar-refractivity contribution in [3.8, 4) is 0 Å². The van der Waals surface area contributed by atoms with E-state index in [9.17, 15) is 15.2 Å². The van der Waals surface area contributed by atoms with Crippen LogP contribution in [0.2, 0.25) is 0 Å². The minimum absolute atomic E-state index is 0.0135. The van der Waals surface area contributed by atoms with Crippen LogP contribution in [-0.4, -0.2) is 15.0 Å². The molecule has 21 heavy (non-hydrogen) atoms. The Bertz CT molecular complexity index is 607. The van der Waals surface area contributed by atoms with Gasteiger partial charge in [0, 0.05) is 18.3 Å². The number of hydrogen-bond acceptors (Lipinski definition) is 6. The number of non-ortho nitro benzene ring substituents is 1. The fourth-order valence-corrected chi connectivity index (χ4v) is 4.08. The highest BCUT2D eigenvalue weighted by Gasteiger charge is 2.29. The summed E-state index contributed by atoms with van der Waals surface area (Å²) in [4.78, 5) is 13.3. The molecule has 7 heteroatoms. The number of nitro benzene ring substituents is 1. The molecule has 1 aromatic heterocycles. The Morgan fingerprint density at radius 3 is 2.52 bits per heavy atom. The van der Waals surface area contributed by atoms with Crippen molar-refractivity contribution in [3.63, 3.8) is 0 Å². The third-order valence-electron chi connectivity index (χ3n) is 2.91. The minimum atomic E-state index is -1.11. The zero-order valence-corrected chi connectivity index (χ0v) is 12.9. The summed E-state index contributed by atoms with van der Waals surface area (Å²) in [6.07, 6.45) is 2.18. The molecule has 1 unspecified atom stereocenters. The van der Waals surface area contributed by atoms with Gasteiger partial charge in [-0.15, -0.1) is 0 Å². The maximum Gasteiger partial charge on any atom is 0.269 e. The van der Waals surface area contributed by atoms with E-state index >= 15 is 0 Å². The predicted octanol–water partition coefficient (Wildman–Crippen LogP) is 3.99. The molecular formula is C14H14N2O3S2. The molecule has 1 N–H and O–H groups in total. The zero-order chi connectivity index (χ0) is 15.3. The van der Waals surface area contributed by atoms with Gasteiger partial charge in [-0.25, -0.2) is 4.98 Å². The van der Waals surface area contributed by atoms with E-state index in [4.69, 9.17) is 0 Å². The van der Waals surface area contributed by atoms with Crippen LogP contribution in [0.3, 0.4) is 0 Å². The summed E-state index contributed by atoms with van der Waals surface area (Å²) in [6.45, 7) is 1.87. The number of rotatable bonds is 6. The predicted molar refractivity (Wildman–Crippen MR) is 85.0 cm³/mol. The number of aliphatic hydroxyl groups is 1. The molecule has 110 valence electrons. The van der Waals surface area contributed by atoms with E-state index in [2.05, 4.69) is 4.98 Å². The first-order valence-electron chi connectivity index (χ1n) is 6.29. The Balaban J connectivity index is 2.14. The molecule has 0 bridgehead atoms. The molecule has 0 radical (unpaired) electrons. The van der Waals surface area contributed by atoms with E-state index in [1.165, 1.54) is 33.7 Å². The quantitative estimate of drug-likeness (QED) is 0.375. The van der Waals surface area contributed by atoms with E-state index in [0.29, 0.717) is 12.0 Å². The van der Waals surface area contributed by atoms with Gasteiger partial charge in [-0.05, 0) is 57.8 Å². The molecule has 0 aliphatic rings. The summed E-state index contributed by atoms with van der Waals surface area (Å²) in [7, 11) is 2.66. The van der Waals surface area contributed by atoms with Crippen molar-refractivity contribution in [1.82, 2.24) is 4.98 Å².